The first kappa shape index (κ1) is 20.5. The summed E-state index contributed by atoms with van der Waals surface area (Å²) in [6.07, 6.45) is 1.32. The second kappa shape index (κ2) is 8.44. The summed E-state index contributed by atoms with van der Waals surface area (Å²) in [5.41, 5.74) is 0.630. The van der Waals surface area contributed by atoms with Gasteiger partial charge in [-0.15, -0.1) is 11.3 Å². The monoisotopic (exact) mass is 415 g/mol. The molecular weight excluding hydrogens is 394 g/mol. The lowest BCUT2D eigenvalue weighted by Crippen LogP contribution is -2.32. The van der Waals surface area contributed by atoms with E-state index in [9.17, 15) is 14.4 Å². The molecule has 3 rings (SSSR count). The van der Waals surface area contributed by atoms with E-state index in [0.29, 0.717) is 38.7 Å². The summed E-state index contributed by atoms with van der Waals surface area (Å²) in [7, 11) is 1.28. The highest BCUT2D eigenvalue weighted by molar-refractivity contribution is 7.20. The van der Waals surface area contributed by atoms with Crippen LogP contribution in [0.3, 0.4) is 0 Å². The molecule has 0 fully saturated rings. The molecule has 1 atom stereocenters. The molecule has 1 N–H and O–H groups in total. The number of nitrogens with zero attached hydrogens (tertiary/aromatic N) is 2. The first-order chi connectivity index (χ1) is 13.9. The van der Waals surface area contributed by atoms with Crippen LogP contribution in [0.5, 0.6) is 5.75 Å². The Morgan fingerprint density at radius 2 is 2.03 bits per heavy atom. The summed E-state index contributed by atoms with van der Waals surface area (Å²) in [6, 6.07) is 6.25. The highest BCUT2D eigenvalue weighted by atomic mass is 32.1. The van der Waals surface area contributed by atoms with Gasteiger partial charge in [0.05, 0.1) is 31.1 Å². The Balaban J connectivity index is 1.95. The summed E-state index contributed by atoms with van der Waals surface area (Å²) < 4.78 is 11.5. The van der Waals surface area contributed by atoms with Crippen LogP contribution < -0.4 is 15.6 Å². The number of thiophene rings is 1. The average molecular weight is 415 g/mol. The van der Waals surface area contributed by atoms with Gasteiger partial charge in [0.15, 0.2) is 0 Å². The zero-order chi connectivity index (χ0) is 21.1. The van der Waals surface area contributed by atoms with Crippen LogP contribution in [0, 0.1) is 6.92 Å². The van der Waals surface area contributed by atoms with Crippen molar-refractivity contribution in [3.05, 3.63) is 51.4 Å². The number of esters is 1. The summed E-state index contributed by atoms with van der Waals surface area (Å²) in [6.45, 7) is 5.59. The minimum Gasteiger partial charge on any atom is -0.492 e. The van der Waals surface area contributed by atoms with Crippen LogP contribution in [0.25, 0.3) is 10.2 Å². The van der Waals surface area contributed by atoms with Gasteiger partial charge in [0, 0.05) is 0 Å². The molecule has 3 aromatic rings. The number of anilines is 1. The molecule has 0 saturated heterocycles. The molecule has 0 aliphatic heterocycles. The fourth-order valence-corrected chi connectivity index (χ4v) is 3.97. The van der Waals surface area contributed by atoms with E-state index in [1.807, 2.05) is 13.0 Å². The SMILES string of the molecule is CCOc1ccccc1NC(=O)C(C)n1cnc2sc(C(=O)OC)c(C)c2c1=O. The molecule has 0 bridgehead atoms. The summed E-state index contributed by atoms with van der Waals surface area (Å²) in [5.74, 6) is -0.357. The number of aryl methyl sites for hydroxylation is 1. The maximum absolute atomic E-state index is 13.0. The van der Waals surface area contributed by atoms with Gasteiger partial charge in [0.1, 0.15) is 21.5 Å². The molecule has 152 valence electrons. The molecule has 0 aliphatic carbocycles. The number of carbonyl (C=O) groups excluding carboxylic acids is 2. The van der Waals surface area contributed by atoms with E-state index in [4.69, 9.17) is 9.47 Å². The lowest BCUT2D eigenvalue weighted by molar-refractivity contribution is -0.118. The van der Waals surface area contributed by atoms with Gasteiger partial charge < -0.3 is 14.8 Å². The summed E-state index contributed by atoms with van der Waals surface area (Å²) in [5, 5.41) is 3.11. The number of fused-ring (bicyclic) bond motifs is 1. The van der Waals surface area contributed by atoms with E-state index in [1.54, 1.807) is 32.0 Å². The molecule has 2 aromatic heterocycles. The van der Waals surface area contributed by atoms with Gasteiger partial charge in [-0.3, -0.25) is 14.2 Å². The molecular formula is C20H21N3O5S. The van der Waals surface area contributed by atoms with Crippen LogP contribution in [-0.2, 0) is 9.53 Å². The number of amides is 1. The van der Waals surface area contributed by atoms with Crippen molar-refractivity contribution in [3.63, 3.8) is 0 Å². The predicted molar refractivity (Wildman–Crippen MR) is 111 cm³/mol. The van der Waals surface area contributed by atoms with Crippen molar-refractivity contribution in [2.75, 3.05) is 19.0 Å². The number of methoxy groups -OCH3 is 1. The summed E-state index contributed by atoms with van der Waals surface area (Å²) >= 11 is 1.09. The van der Waals surface area contributed by atoms with Crippen molar-refractivity contribution in [1.82, 2.24) is 9.55 Å². The van der Waals surface area contributed by atoms with Gasteiger partial charge >= 0.3 is 5.97 Å². The minimum atomic E-state index is -0.824. The number of aromatic nitrogens is 2. The quantitative estimate of drug-likeness (QED) is 0.621. The molecule has 1 aromatic carbocycles. The van der Waals surface area contributed by atoms with Gasteiger partial charge in [0.25, 0.3) is 5.56 Å². The van der Waals surface area contributed by atoms with Crippen LogP contribution in [0.2, 0.25) is 0 Å². The molecule has 29 heavy (non-hydrogen) atoms. The third-order valence-electron chi connectivity index (χ3n) is 4.49. The standard InChI is InChI=1S/C20H21N3O5S/c1-5-28-14-9-7-6-8-13(14)22-17(24)12(3)23-10-21-18-15(19(23)25)11(2)16(29-18)20(26)27-4/h6-10,12H,5H2,1-4H3,(H,22,24). The Bertz CT molecular complexity index is 1130. The van der Waals surface area contributed by atoms with Crippen LogP contribution in [0.1, 0.15) is 35.1 Å². The van der Waals surface area contributed by atoms with Crippen molar-refractivity contribution in [1.29, 1.82) is 0 Å². The third kappa shape index (κ3) is 3.86. The molecule has 1 amide bonds. The highest BCUT2D eigenvalue weighted by Crippen LogP contribution is 2.28. The van der Waals surface area contributed by atoms with Crippen molar-refractivity contribution in [2.45, 2.75) is 26.8 Å². The first-order valence-corrected chi connectivity index (χ1v) is 9.81. The Hall–Kier alpha value is -3.20. The van der Waals surface area contributed by atoms with Gasteiger partial charge in [-0.1, -0.05) is 12.1 Å². The Labute approximate surface area is 171 Å². The van der Waals surface area contributed by atoms with Gasteiger partial charge in [-0.05, 0) is 38.5 Å². The Kier molecular flexibility index (Phi) is 5.97. The maximum Gasteiger partial charge on any atom is 0.348 e. The third-order valence-corrected chi connectivity index (χ3v) is 5.67. The normalized spacial score (nSPS) is 11.9. The summed E-state index contributed by atoms with van der Waals surface area (Å²) in [4.78, 5) is 42.7. The smallest absolute Gasteiger partial charge is 0.348 e. The largest absolute Gasteiger partial charge is 0.492 e. The molecule has 8 nitrogen and oxygen atoms in total. The van der Waals surface area contributed by atoms with Gasteiger partial charge in [-0.2, -0.15) is 0 Å². The fourth-order valence-electron chi connectivity index (χ4n) is 2.92. The topological polar surface area (TPSA) is 99.5 Å². The molecule has 0 spiro atoms. The molecule has 9 heteroatoms. The second-order valence-electron chi connectivity index (χ2n) is 6.28. The van der Waals surface area contributed by atoms with Crippen molar-refractivity contribution in [3.8, 4) is 5.75 Å². The first-order valence-electron chi connectivity index (χ1n) is 9.00. The second-order valence-corrected chi connectivity index (χ2v) is 7.28. The van der Waals surface area contributed by atoms with E-state index in [2.05, 4.69) is 10.3 Å². The Morgan fingerprint density at radius 1 is 1.31 bits per heavy atom. The molecule has 0 saturated carbocycles. The van der Waals surface area contributed by atoms with E-state index < -0.39 is 12.0 Å². The zero-order valence-corrected chi connectivity index (χ0v) is 17.3. The number of nitrogens with one attached hydrogen (secondary N) is 1. The highest BCUT2D eigenvalue weighted by Gasteiger charge is 2.23. The van der Waals surface area contributed by atoms with Crippen LogP contribution in [-0.4, -0.2) is 35.1 Å². The average Bonchev–Trinajstić information content (AvgIpc) is 3.06. The number of ether oxygens (including phenoxy) is 2. The molecule has 2 heterocycles. The minimum absolute atomic E-state index is 0.312. The number of hydrogen-bond acceptors (Lipinski definition) is 7. The number of rotatable bonds is 6. The van der Waals surface area contributed by atoms with Crippen LogP contribution >= 0.6 is 11.3 Å². The van der Waals surface area contributed by atoms with Crippen molar-refractivity contribution >= 4 is 39.1 Å². The van der Waals surface area contributed by atoms with Gasteiger partial charge in [-0.25, -0.2) is 9.78 Å². The number of carbonyl (C=O) groups is 2. The number of benzene rings is 1. The van der Waals surface area contributed by atoms with Crippen LogP contribution in [0.15, 0.2) is 35.4 Å². The Morgan fingerprint density at radius 3 is 2.72 bits per heavy atom. The van der Waals surface area contributed by atoms with E-state index >= 15 is 0 Å². The van der Waals surface area contributed by atoms with Gasteiger partial charge in [0.2, 0.25) is 5.91 Å². The maximum atomic E-state index is 13.0. The zero-order valence-electron chi connectivity index (χ0n) is 16.5. The lowest BCUT2D eigenvalue weighted by atomic mass is 10.2. The number of para-hydroxylation sites is 2. The van der Waals surface area contributed by atoms with Crippen LogP contribution in [0.4, 0.5) is 5.69 Å². The van der Waals surface area contributed by atoms with E-state index in [0.717, 1.165) is 11.3 Å². The van der Waals surface area contributed by atoms with Crippen molar-refractivity contribution < 1.29 is 19.1 Å². The fraction of sp³-hybridized carbons (Fsp3) is 0.300. The van der Waals surface area contributed by atoms with E-state index in [1.165, 1.54) is 18.0 Å². The van der Waals surface area contributed by atoms with E-state index in [-0.39, 0.29) is 11.5 Å². The lowest BCUT2D eigenvalue weighted by Gasteiger charge is -2.16. The van der Waals surface area contributed by atoms with Crippen molar-refractivity contribution in [2.24, 2.45) is 0 Å². The molecule has 1 unspecified atom stereocenters. The molecule has 0 radical (unpaired) electrons. The number of hydrogen-bond donors (Lipinski definition) is 1. The predicted octanol–water partition coefficient (Wildman–Crippen LogP) is 3.15. The molecule has 0 aliphatic rings.